The van der Waals surface area contributed by atoms with Crippen molar-refractivity contribution in [3.63, 3.8) is 0 Å². The van der Waals surface area contributed by atoms with Crippen molar-refractivity contribution < 1.29 is 14.3 Å². The summed E-state index contributed by atoms with van der Waals surface area (Å²) in [6.07, 6.45) is 0.693. The molecule has 0 aromatic heterocycles. The molecule has 1 aliphatic carbocycles. The summed E-state index contributed by atoms with van der Waals surface area (Å²) < 4.78 is 11.0. The first-order valence-electron chi connectivity index (χ1n) is 7.48. The van der Waals surface area contributed by atoms with Crippen LogP contribution in [0.1, 0.15) is 63.8 Å². The summed E-state index contributed by atoms with van der Waals surface area (Å²) in [7, 11) is 1.70. The second kappa shape index (κ2) is 5.45. The molecule has 1 aliphatic rings. The van der Waals surface area contributed by atoms with E-state index in [-0.39, 0.29) is 17.5 Å². The first kappa shape index (κ1) is 16.0. The Morgan fingerprint density at radius 1 is 1.33 bits per heavy atom. The summed E-state index contributed by atoms with van der Waals surface area (Å²) >= 11 is 0. The van der Waals surface area contributed by atoms with Crippen LogP contribution in [0.25, 0.3) is 0 Å². The van der Waals surface area contributed by atoms with Gasteiger partial charge in [0.15, 0.2) is 0 Å². The van der Waals surface area contributed by atoms with Crippen LogP contribution in [0.3, 0.4) is 0 Å². The van der Waals surface area contributed by atoms with Gasteiger partial charge in [-0.2, -0.15) is 0 Å². The molecule has 0 bridgehead atoms. The van der Waals surface area contributed by atoms with E-state index in [0.29, 0.717) is 6.61 Å². The molecule has 3 heteroatoms. The van der Waals surface area contributed by atoms with Crippen molar-refractivity contribution in [3.05, 3.63) is 34.9 Å². The van der Waals surface area contributed by atoms with E-state index >= 15 is 0 Å². The largest absolute Gasteiger partial charge is 0.457 e. The lowest BCUT2D eigenvalue weighted by Crippen LogP contribution is -2.25. The molecule has 21 heavy (non-hydrogen) atoms. The van der Waals surface area contributed by atoms with Gasteiger partial charge in [-0.1, -0.05) is 32.0 Å². The fourth-order valence-electron chi connectivity index (χ4n) is 2.82. The third-order valence-electron chi connectivity index (χ3n) is 4.06. The highest BCUT2D eigenvalue weighted by atomic mass is 16.5. The third-order valence-corrected chi connectivity index (χ3v) is 4.06. The van der Waals surface area contributed by atoms with E-state index in [2.05, 4.69) is 32.0 Å². The molecule has 0 fully saturated rings. The van der Waals surface area contributed by atoms with Crippen molar-refractivity contribution in [1.29, 1.82) is 0 Å². The molecule has 0 saturated carbocycles. The van der Waals surface area contributed by atoms with E-state index < -0.39 is 5.41 Å². The minimum Gasteiger partial charge on any atom is -0.457 e. The summed E-state index contributed by atoms with van der Waals surface area (Å²) in [4.78, 5) is 12.2. The molecule has 1 unspecified atom stereocenters. The number of methoxy groups -OCH3 is 1. The minimum absolute atomic E-state index is 0.0158. The normalized spacial score (nSPS) is 20.2. The zero-order chi connectivity index (χ0) is 15.8. The van der Waals surface area contributed by atoms with Crippen molar-refractivity contribution in [1.82, 2.24) is 0 Å². The average Bonchev–Trinajstić information content (AvgIpc) is 2.60. The molecular weight excluding hydrogens is 264 g/mol. The van der Waals surface area contributed by atoms with Crippen LogP contribution in [0.15, 0.2) is 18.2 Å². The fraction of sp³-hybridized carbons (Fsp3) is 0.611. The number of hydrogen-bond donors (Lipinski definition) is 0. The van der Waals surface area contributed by atoms with Gasteiger partial charge < -0.3 is 9.47 Å². The maximum absolute atomic E-state index is 12.2. The fourth-order valence-corrected chi connectivity index (χ4v) is 2.82. The minimum atomic E-state index is -0.469. The Labute approximate surface area is 127 Å². The van der Waals surface area contributed by atoms with E-state index in [1.54, 1.807) is 7.11 Å². The molecule has 0 radical (unpaired) electrons. The summed E-state index contributed by atoms with van der Waals surface area (Å²) in [5, 5.41) is 0. The number of benzene rings is 1. The highest BCUT2D eigenvalue weighted by Gasteiger charge is 2.40. The molecule has 116 valence electrons. The van der Waals surface area contributed by atoms with Gasteiger partial charge in [-0.25, -0.2) is 0 Å². The Bertz CT molecular complexity index is 538. The van der Waals surface area contributed by atoms with E-state index in [0.717, 1.165) is 17.5 Å². The highest BCUT2D eigenvalue weighted by molar-refractivity contribution is 5.75. The summed E-state index contributed by atoms with van der Waals surface area (Å²) in [5.41, 5.74) is 3.11. The molecule has 1 atom stereocenters. The van der Waals surface area contributed by atoms with Crippen LogP contribution in [0.5, 0.6) is 0 Å². The molecule has 0 spiro atoms. The van der Waals surface area contributed by atoms with Crippen molar-refractivity contribution in [2.75, 3.05) is 7.11 Å². The zero-order valence-corrected chi connectivity index (χ0v) is 13.9. The van der Waals surface area contributed by atoms with Gasteiger partial charge in [0.05, 0.1) is 12.0 Å². The van der Waals surface area contributed by atoms with Crippen LogP contribution in [0, 0.1) is 5.41 Å². The molecule has 1 aromatic carbocycles. The van der Waals surface area contributed by atoms with Gasteiger partial charge in [-0.05, 0) is 49.3 Å². The van der Waals surface area contributed by atoms with Crippen molar-refractivity contribution in [3.8, 4) is 0 Å². The standard InChI is InChI=1S/C18H26O3/c1-17(2,3)16(19)21-15-10-18(4,5)14-9-12(11-20-6)7-8-13(14)15/h7-9,15H,10-11H2,1-6H3. The molecule has 0 N–H and O–H groups in total. The maximum Gasteiger partial charge on any atom is 0.311 e. The first-order valence-corrected chi connectivity index (χ1v) is 7.48. The Kier molecular flexibility index (Phi) is 4.16. The zero-order valence-electron chi connectivity index (χ0n) is 13.9. The number of esters is 1. The van der Waals surface area contributed by atoms with E-state index in [9.17, 15) is 4.79 Å². The molecule has 0 aliphatic heterocycles. The SMILES string of the molecule is COCc1ccc2c(c1)C(C)(C)CC2OC(=O)C(C)(C)C. The predicted molar refractivity (Wildman–Crippen MR) is 83.1 cm³/mol. The molecule has 0 heterocycles. The molecule has 3 nitrogen and oxygen atoms in total. The lowest BCUT2D eigenvalue weighted by Gasteiger charge is -2.22. The van der Waals surface area contributed by atoms with Gasteiger partial charge in [-0.3, -0.25) is 4.79 Å². The van der Waals surface area contributed by atoms with Crippen LogP contribution >= 0.6 is 0 Å². The second-order valence-electron chi connectivity index (χ2n) is 7.59. The summed E-state index contributed by atoms with van der Waals surface area (Å²) in [5.74, 6) is -0.142. The van der Waals surface area contributed by atoms with Gasteiger partial charge in [0.2, 0.25) is 0 Å². The van der Waals surface area contributed by atoms with Gasteiger partial charge in [-0.15, -0.1) is 0 Å². The molecule has 2 rings (SSSR count). The Morgan fingerprint density at radius 2 is 2.00 bits per heavy atom. The average molecular weight is 290 g/mol. The van der Waals surface area contributed by atoms with Crippen molar-refractivity contribution in [2.45, 2.75) is 59.2 Å². The monoisotopic (exact) mass is 290 g/mol. The lowest BCUT2D eigenvalue weighted by molar-refractivity contribution is -0.159. The smallest absolute Gasteiger partial charge is 0.311 e. The second-order valence-corrected chi connectivity index (χ2v) is 7.59. The lowest BCUT2D eigenvalue weighted by atomic mass is 9.86. The van der Waals surface area contributed by atoms with Gasteiger partial charge in [0, 0.05) is 7.11 Å². The van der Waals surface area contributed by atoms with Gasteiger partial charge >= 0.3 is 5.97 Å². The third kappa shape index (κ3) is 3.29. The molecule has 0 amide bonds. The number of carbonyl (C=O) groups is 1. The Hall–Kier alpha value is -1.35. The summed E-state index contributed by atoms with van der Waals surface area (Å²) in [6.45, 7) is 10.7. The van der Waals surface area contributed by atoms with E-state index in [1.807, 2.05) is 20.8 Å². The molecule has 1 aromatic rings. The van der Waals surface area contributed by atoms with Crippen LogP contribution in [-0.4, -0.2) is 13.1 Å². The maximum atomic E-state index is 12.2. The van der Waals surface area contributed by atoms with Crippen LogP contribution in [-0.2, 0) is 26.3 Å². The Morgan fingerprint density at radius 3 is 2.57 bits per heavy atom. The summed E-state index contributed by atoms with van der Waals surface area (Å²) in [6, 6.07) is 6.32. The number of fused-ring (bicyclic) bond motifs is 1. The van der Waals surface area contributed by atoms with Crippen LogP contribution in [0.2, 0.25) is 0 Å². The van der Waals surface area contributed by atoms with Gasteiger partial charge in [0.25, 0.3) is 0 Å². The number of hydrogen-bond acceptors (Lipinski definition) is 3. The quantitative estimate of drug-likeness (QED) is 0.785. The highest BCUT2D eigenvalue weighted by Crippen LogP contribution is 2.47. The van der Waals surface area contributed by atoms with Gasteiger partial charge in [0.1, 0.15) is 6.10 Å². The first-order chi connectivity index (χ1) is 9.65. The number of ether oxygens (including phenoxy) is 2. The van der Waals surface area contributed by atoms with E-state index in [1.165, 1.54) is 5.56 Å². The van der Waals surface area contributed by atoms with Crippen molar-refractivity contribution >= 4 is 5.97 Å². The topological polar surface area (TPSA) is 35.5 Å². The predicted octanol–water partition coefficient (Wildman–Crippen LogP) is 4.14. The van der Waals surface area contributed by atoms with Crippen molar-refractivity contribution in [2.24, 2.45) is 5.41 Å². The Balaban J connectivity index is 2.29. The number of rotatable bonds is 3. The molecular formula is C18H26O3. The number of carbonyl (C=O) groups excluding carboxylic acids is 1. The van der Waals surface area contributed by atoms with Crippen LogP contribution in [0.4, 0.5) is 0 Å². The van der Waals surface area contributed by atoms with E-state index in [4.69, 9.17) is 9.47 Å². The van der Waals surface area contributed by atoms with Crippen LogP contribution < -0.4 is 0 Å². The molecule has 0 saturated heterocycles.